The number of hydrogen-bond acceptors (Lipinski definition) is 6. The van der Waals surface area contributed by atoms with Crippen LogP contribution in [0.4, 0.5) is 5.95 Å². The fourth-order valence-electron chi connectivity index (χ4n) is 4.35. The van der Waals surface area contributed by atoms with Crippen LogP contribution in [-0.4, -0.2) is 55.5 Å². The molecule has 0 radical (unpaired) electrons. The maximum absolute atomic E-state index is 13.5. The van der Waals surface area contributed by atoms with E-state index in [0.717, 1.165) is 44.7 Å². The predicted molar refractivity (Wildman–Crippen MR) is 109 cm³/mol. The molecule has 3 heterocycles. The van der Waals surface area contributed by atoms with Crippen LogP contribution in [-0.2, 0) is 10.0 Å². The molecule has 1 aliphatic carbocycles. The Labute approximate surface area is 171 Å². The summed E-state index contributed by atoms with van der Waals surface area (Å²) < 4.78 is 34.8. The smallest absolute Gasteiger partial charge is 0.246 e. The third-order valence-corrected chi connectivity index (χ3v) is 8.18. The number of fused-ring (bicyclic) bond motifs is 1. The molecule has 2 aliphatic heterocycles. The molecule has 0 atom stereocenters. The van der Waals surface area contributed by atoms with Gasteiger partial charge in [0.25, 0.3) is 0 Å². The first-order valence-electron chi connectivity index (χ1n) is 10.3. The van der Waals surface area contributed by atoms with Gasteiger partial charge < -0.3 is 9.64 Å². The van der Waals surface area contributed by atoms with E-state index in [1.165, 1.54) is 0 Å². The third-order valence-electron chi connectivity index (χ3n) is 6.33. The summed E-state index contributed by atoms with van der Waals surface area (Å²) in [5.74, 6) is 1.70. The van der Waals surface area contributed by atoms with Gasteiger partial charge in [0.05, 0.1) is 6.61 Å². The Morgan fingerprint density at radius 3 is 2.52 bits per heavy atom. The molecule has 1 saturated carbocycles. The van der Waals surface area contributed by atoms with Gasteiger partial charge in [-0.1, -0.05) is 12.1 Å². The van der Waals surface area contributed by atoms with Crippen LogP contribution in [0.1, 0.15) is 25.7 Å². The number of ether oxygens (including phenoxy) is 1. The zero-order valence-corrected chi connectivity index (χ0v) is 17.2. The number of piperidine rings is 1. The maximum Gasteiger partial charge on any atom is 0.246 e. The lowest BCUT2D eigenvalue weighted by molar-refractivity contribution is 0.0806. The summed E-state index contributed by atoms with van der Waals surface area (Å²) >= 11 is 0. The summed E-state index contributed by atoms with van der Waals surface area (Å²) in [6.45, 7) is 3.26. The molecule has 2 aromatic rings. The Bertz CT molecular complexity index is 970. The highest BCUT2D eigenvalue weighted by atomic mass is 32.2. The maximum atomic E-state index is 13.5. The van der Waals surface area contributed by atoms with Gasteiger partial charge in [0.2, 0.25) is 16.0 Å². The largest absolute Gasteiger partial charge is 0.492 e. The summed E-state index contributed by atoms with van der Waals surface area (Å²) in [4.78, 5) is 11.2. The van der Waals surface area contributed by atoms with Gasteiger partial charge in [-0.3, -0.25) is 0 Å². The van der Waals surface area contributed by atoms with Crippen LogP contribution < -0.4 is 9.64 Å². The molecule has 0 bridgehead atoms. The molecule has 0 amide bonds. The van der Waals surface area contributed by atoms with E-state index in [9.17, 15) is 8.42 Å². The first-order valence-corrected chi connectivity index (χ1v) is 11.7. The Morgan fingerprint density at radius 2 is 1.79 bits per heavy atom. The van der Waals surface area contributed by atoms with Gasteiger partial charge in [0, 0.05) is 44.0 Å². The quantitative estimate of drug-likeness (QED) is 0.768. The Kier molecular flexibility index (Phi) is 4.70. The minimum atomic E-state index is -3.57. The zero-order chi connectivity index (χ0) is 19.9. The molecule has 3 aliphatic rings. The number of nitrogens with zero attached hydrogens (tertiary/aromatic N) is 4. The minimum absolute atomic E-state index is 0.194. The number of anilines is 1. The summed E-state index contributed by atoms with van der Waals surface area (Å²) in [7, 11) is -3.57. The van der Waals surface area contributed by atoms with Crippen LogP contribution in [0.25, 0.3) is 0 Å². The van der Waals surface area contributed by atoms with Crippen molar-refractivity contribution in [1.29, 1.82) is 0 Å². The van der Waals surface area contributed by atoms with Crippen LogP contribution in [0.2, 0.25) is 0 Å². The van der Waals surface area contributed by atoms with E-state index in [0.29, 0.717) is 36.3 Å². The molecule has 154 valence electrons. The monoisotopic (exact) mass is 414 g/mol. The van der Waals surface area contributed by atoms with E-state index in [1.807, 2.05) is 12.1 Å². The lowest BCUT2D eigenvalue weighted by Gasteiger charge is -2.45. The molecular formula is C21H26N4O3S. The SMILES string of the molecule is O=S1(=O)c2ccccc2OCC2(CCN(c3ncccn3)CC2)CN1CC1CC1. The first-order chi connectivity index (χ1) is 14.1. The average Bonchev–Trinajstić information content (AvgIpc) is 3.57. The first kappa shape index (κ1) is 18.8. The van der Waals surface area contributed by atoms with Crippen molar-refractivity contribution in [1.82, 2.24) is 14.3 Å². The van der Waals surface area contributed by atoms with Crippen molar-refractivity contribution in [2.24, 2.45) is 11.3 Å². The van der Waals surface area contributed by atoms with E-state index in [2.05, 4.69) is 14.9 Å². The summed E-state index contributed by atoms with van der Waals surface area (Å²) in [6.07, 6.45) is 7.46. The van der Waals surface area contributed by atoms with Gasteiger partial charge >= 0.3 is 0 Å². The van der Waals surface area contributed by atoms with Crippen molar-refractivity contribution in [3.63, 3.8) is 0 Å². The van der Waals surface area contributed by atoms with Gasteiger partial charge in [0.15, 0.2) is 0 Å². The molecule has 2 fully saturated rings. The van der Waals surface area contributed by atoms with E-state index >= 15 is 0 Å². The van der Waals surface area contributed by atoms with E-state index in [4.69, 9.17) is 4.74 Å². The van der Waals surface area contributed by atoms with Crippen LogP contribution in [0.5, 0.6) is 5.75 Å². The van der Waals surface area contributed by atoms with Crippen LogP contribution >= 0.6 is 0 Å². The Hall–Kier alpha value is -2.19. The van der Waals surface area contributed by atoms with Crippen molar-refractivity contribution < 1.29 is 13.2 Å². The Morgan fingerprint density at radius 1 is 1.07 bits per heavy atom. The minimum Gasteiger partial charge on any atom is -0.492 e. The van der Waals surface area contributed by atoms with Crippen molar-refractivity contribution in [3.05, 3.63) is 42.7 Å². The molecule has 8 heteroatoms. The van der Waals surface area contributed by atoms with Crippen LogP contribution in [0, 0.1) is 11.3 Å². The molecule has 1 spiro atoms. The van der Waals surface area contributed by atoms with E-state index in [1.54, 1.807) is 34.9 Å². The van der Waals surface area contributed by atoms with E-state index < -0.39 is 10.0 Å². The topological polar surface area (TPSA) is 75.6 Å². The fraction of sp³-hybridized carbons (Fsp3) is 0.524. The van der Waals surface area contributed by atoms with Gasteiger partial charge in [-0.25, -0.2) is 18.4 Å². The second-order valence-corrected chi connectivity index (χ2v) is 10.4. The number of para-hydroxylation sites is 1. The van der Waals surface area contributed by atoms with Crippen LogP contribution in [0.3, 0.4) is 0 Å². The molecule has 5 rings (SSSR count). The highest BCUT2D eigenvalue weighted by Crippen LogP contribution is 2.41. The van der Waals surface area contributed by atoms with Crippen molar-refractivity contribution in [3.8, 4) is 5.75 Å². The molecule has 0 unspecified atom stereocenters. The normalized spacial score (nSPS) is 23.7. The molecule has 1 aromatic heterocycles. The zero-order valence-electron chi connectivity index (χ0n) is 16.4. The van der Waals surface area contributed by atoms with Crippen molar-refractivity contribution >= 4 is 16.0 Å². The number of aromatic nitrogens is 2. The number of sulfonamides is 1. The van der Waals surface area contributed by atoms with Crippen molar-refractivity contribution in [2.45, 2.75) is 30.6 Å². The number of benzene rings is 1. The molecule has 0 N–H and O–H groups in total. The van der Waals surface area contributed by atoms with Crippen LogP contribution in [0.15, 0.2) is 47.6 Å². The second kappa shape index (κ2) is 7.25. The highest BCUT2D eigenvalue weighted by molar-refractivity contribution is 7.89. The molecule has 1 saturated heterocycles. The molecule has 1 aromatic carbocycles. The van der Waals surface area contributed by atoms with Gasteiger partial charge in [-0.2, -0.15) is 4.31 Å². The molecular weight excluding hydrogens is 388 g/mol. The summed E-state index contributed by atoms with van der Waals surface area (Å²) in [5, 5.41) is 0. The fourth-order valence-corrected chi connectivity index (χ4v) is 6.11. The standard InChI is InChI=1S/C21H26N4O3S/c26-29(27)19-5-2-1-4-18(19)28-16-21(15-25(29)14-17-6-7-17)8-12-24(13-9-21)20-22-10-3-11-23-20/h1-5,10-11,17H,6-9,12-16H2. The molecule has 7 nitrogen and oxygen atoms in total. The number of rotatable bonds is 3. The van der Waals surface area contributed by atoms with E-state index in [-0.39, 0.29) is 5.41 Å². The summed E-state index contributed by atoms with van der Waals surface area (Å²) in [6, 6.07) is 8.86. The molecule has 29 heavy (non-hydrogen) atoms. The number of hydrogen-bond donors (Lipinski definition) is 0. The van der Waals surface area contributed by atoms with Gasteiger partial charge in [-0.15, -0.1) is 0 Å². The lowest BCUT2D eigenvalue weighted by atomic mass is 9.79. The van der Waals surface area contributed by atoms with Gasteiger partial charge in [-0.05, 0) is 49.8 Å². The second-order valence-electron chi connectivity index (χ2n) is 8.51. The lowest BCUT2D eigenvalue weighted by Crippen LogP contribution is -2.52. The summed E-state index contributed by atoms with van der Waals surface area (Å²) in [5.41, 5.74) is -0.194. The Balaban J connectivity index is 1.43. The van der Waals surface area contributed by atoms with Gasteiger partial charge in [0.1, 0.15) is 10.6 Å². The van der Waals surface area contributed by atoms with Crippen molar-refractivity contribution in [2.75, 3.05) is 37.7 Å². The predicted octanol–water partition coefficient (Wildman–Crippen LogP) is 2.56. The average molecular weight is 415 g/mol. The highest BCUT2D eigenvalue weighted by Gasteiger charge is 2.44. The third kappa shape index (κ3) is 3.71.